The van der Waals surface area contributed by atoms with Crippen LogP contribution in [0.15, 0.2) is 54.6 Å². The van der Waals surface area contributed by atoms with Gasteiger partial charge in [-0.05, 0) is 74.4 Å². The topological polar surface area (TPSA) is 69.0 Å². The van der Waals surface area contributed by atoms with Gasteiger partial charge in [-0.3, -0.25) is 4.79 Å². The summed E-state index contributed by atoms with van der Waals surface area (Å²) in [7, 11) is 0. The zero-order valence-electron chi connectivity index (χ0n) is 16.9. The van der Waals surface area contributed by atoms with Crippen LogP contribution in [0.2, 0.25) is 5.02 Å². The predicted molar refractivity (Wildman–Crippen MR) is 119 cm³/mol. The molecule has 152 valence electrons. The normalized spacial score (nSPS) is 10.9. The van der Waals surface area contributed by atoms with Crippen LogP contribution in [0.3, 0.4) is 0 Å². The van der Waals surface area contributed by atoms with Crippen molar-refractivity contribution in [3.05, 3.63) is 76.3 Å². The zero-order chi connectivity index (χ0) is 21.3. The first kappa shape index (κ1) is 19.9. The summed E-state index contributed by atoms with van der Waals surface area (Å²) < 4.78 is 5.61. The summed E-state index contributed by atoms with van der Waals surface area (Å²) in [5, 5.41) is 12.5. The van der Waals surface area contributed by atoms with E-state index in [9.17, 15) is 4.79 Å². The molecule has 0 spiro atoms. The van der Waals surface area contributed by atoms with Gasteiger partial charge in [-0.2, -0.15) is 4.80 Å². The number of hydrogen-bond donors (Lipinski definition) is 1. The van der Waals surface area contributed by atoms with Crippen LogP contribution < -0.4 is 10.1 Å². The van der Waals surface area contributed by atoms with Crippen LogP contribution in [-0.2, 0) is 4.79 Å². The number of nitrogens with zero attached hydrogens (tertiary/aromatic N) is 3. The molecule has 0 atom stereocenters. The highest BCUT2D eigenvalue weighted by molar-refractivity contribution is 6.32. The minimum absolute atomic E-state index is 0.103. The third-order valence-corrected chi connectivity index (χ3v) is 5.31. The number of ether oxygens (including phenoxy) is 1. The van der Waals surface area contributed by atoms with E-state index in [4.69, 9.17) is 16.3 Å². The smallest absolute Gasteiger partial charge is 0.262 e. The molecule has 0 bridgehead atoms. The number of aryl methyl sites for hydroxylation is 3. The van der Waals surface area contributed by atoms with Gasteiger partial charge >= 0.3 is 0 Å². The molecule has 1 heterocycles. The fraction of sp³-hybridized carbons (Fsp3) is 0.174. The Morgan fingerprint density at radius 1 is 0.967 bits per heavy atom. The van der Waals surface area contributed by atoms with Gasteiger partial charge in [-0.15, -0.1) is 10.2 Å². The van der Waals surface area contributed by atoms with Crippen LogP contribution in [0.25, 0.3) is 16.7 Å². The fourth-order valence-electron chi connectivity index (χ4n) is 3.12. The summed E-state index contributed by atoms with van der Waals surface area (Å²) in [6, 6.07) is 17.0. The minimum Gasteiger partial charge on any atom is -0.484 e. The van der Waals surface area contributed by atoms with Gasteiger partial charge in [0.15, 0.2) is 6.61 Å². The second-order valence-corrected chi connectivity index (χ2v) is 7.61. The number of benzene rings is 3. The van der Waals surface area contributed by atoms with E-state index in [1.54, 1.807) is 16.9 Å². The van der Waals surface area contributed by atoms with E-state index < -0.39 is 0 Å². The Morgan fingerprint density at radius 3 is 2.33 bits per heavy atom. The van der Waals surface area contributed by atoms with Crippen molar-refractivity contribution in [3.63, 3.8) is 0 Å². The number of carbonyl (C=O) groups is 1. The third kappa shape index (κ3) is 4.28. The highest BCUT2D eigenvalue weighted by atomic mass is 35.5. The number of anilines is 1. The Morgan fingerprint density at radius 2 is 1.63 bits per heavy atom. The van der Waals surface area contributed by atoms with Gasteiger partial charge in [0.25, 0.3) is 5.91 Å². The van der Waals surface area contributed by atoms with Crippen LogP contribution in [0, 0.1) is 20.8 Å². The van der Waals surface area contributed by atoms with Crippen molar-refractivity contribution < 1.29 is 9.53 Å². The van der Waals surface area contributed by atoms with Crippen molar-refractivity contribution in [1.82, 2.24) is 15.0 Å². The van der Waals surface area contributed by atoms with Gasteiger partial charge in [-0.25, -0.2) is 0 Å². The van der Waals surface area contributed by atoms with Gasteiger partial charge < -0.3 is 10.1 Å². The highest BCUT2D eigenvalue weighted by Crippen LogP contribution is 2.26. The first-order valence-electron chi connectivity index (χ1n) is 9.52. The minimum atomic E-state index is -0.259. The highest BCUT2D eigenvalue weighted by Gasteiger charge is 2.10. The summed E-state index contributed by atoms with van der Waals surface area (Å²) in [5.74, 6) is 0.353. The molecular formula is C23H21ClN4O2. The van der Waals surface area contributed by atoms with Crippen LogP contribution in [-0.4, -0.2) is 27.5 Å². The molecule has 0 aliphatic heterocycles. The number of hydrogen-bond acceptors (Lipinski definition) is 4. The molecule has 4 aromatic rings. The van der Waals surface area contributed by atoms with E-state index >= 15 is 0 Å². The van der Waals surface area contributed by atoms with Crippen molar-refractivity contribution in [3.8, 4) is 11.4 Å². The zero-order valence-corrected chi connectivity index (χ0v) is 17.7. The molecule has 0 saturated heterocycles. The van der Waals surface area contributed by atoms with E-state index in [1.807, 2.05) is 63.2 Å². The molecule has 0 radical (unpaired) electrons. The van der Waals surface area contributed by atoms with Crippen molar-refractivity contribution in [1.29, 1.82) is 0 Å². The van der Waals surface area contributed by atoms with Gasteiger partial charge in [0.05, 0.1) is 5.69 Å². The van der Waals surface area contributed by atoms with Crippen molar-refractivity contribution in [2.75, 3.05) is 11.9 Å². The molecule has 0 unspecified atom stereocenters. The molecule has 1 aromatic heterocycles. The molecule has 0 aliphatic carbocycles. The predicted octanol–water partition coefficient (Wildman–Crippen LogP) is 5.02. The Bertz CT molecular complexity index is 1210. The lowest BCUT2D eigenvalue weighted by Crippen LogP contribution is -2.20. The molecule has 7 heteroatoms. The lowest BCUT2D eigenvalue weighted by Gasteiger charge is -2.10. The summed E-state index contributed by atoms with van der Waals surface area (Å²) in [6.45, 7) is 5.74. The summed E-state index contributed by atoms with van der Waals surface area (Å²) in [5.41, 5.74) is 5.95. The maximum Gasteiger partial charge on any atom is 0.262 e. The lowest BCUT2D eigenvalue weighted by molar-refractivity contribution is -0.118. The second kappa shape index (κ2) is 8.16. The average molecular weight is 421 g/mol. The van der Waals surface area contributed by atoms with Crippen LogP contribution >= 0.6 is 11.6 Å². The number of aromatic nitrogens is 3. The third-order valence-electron chi connectivity index (χ3n) is 4.71. The Balaban J connectivity index is 1.44. The fourth-order valence-corrected chi connectivity index (χ4v) is 3.23. The van der Waals surface area contributed by atoms with E-state index in [0.717, 1.165) is 22.3 Å². The number of halogens is 1. The number of rotatable bonds is 5. The maximum atomic E-state index is 12.3. The molecule has 3 aromatic carbocycles. The molecule has 0 aliphatic rings. The van der Waals surface area contributed by atoms with Crippen molar-refractivity contribution in [2.45, 2.75) is 20.8 Å². The SMILES string of the molecule is Cc1ccc(-n2nc3ccc(NC(=O)COc4cc(C)c(Cl)c(C)c4)cc3n2)cc1. The van der Waals surface area contributed by atoms with Crippen LogP contribution in [0.5, 0.6) is 5.75 Å². The van der Waals surface area contributed by atoms with E-state index in [-0.39, 0.29) is 12.5 Å². The van der Waals surface area contributed by atoms with Crippen LogP contribution in [0.1, 0.15) is 16.7 Å². The molecule has 1 N–H and O–H groups in total. The molecule has 0 saturated carbocycles. The maximum absolute atomic E-state index is 12.3. The average Bonchev–Trinajstić information content (AvgIpc) is 3.14. The molecule has 4 rings (SSSR count). The quantitative estimate of drug-likeness (QED) is 0.492. The van der Waals surface area contributed by atoms with Crippen LogP contribution in [0.4, 0.5) is 5.69 Å². The standard InChI is InChI=1S/C23H21ClN4O2/c1-14-4-7-18(8-5-14)28-26-20-9-6-17(12-21(20)27-28)25-22(29)13-30-19-10-15(2)23(24)16(3)11-19/h4-12H,13H2,1-3H3,(H,25,29). The van der Waals surface area contributed by atoms with Gasteiger partial charge in [0.2, 0.25) is 0 Å². The number of fused-ring (bicyclic) bond motifs is 1. The number of amides is 1. The lowest BCUT2D eigenvalue weighted by atomic mass is 10.1. The van der Waals surface area contributed by atoms with E-state index in [2.05, 4.69) is 15.5 Å². The molecule has 6 nitrogen and oxygen atoms in total. The number of nitrogens with one attached hydrogen (secondary N) is 1. The first-order chi connectivity index (χ1) is 14.4. The number of carbonyl (C=O) groups excluding carboxylic acids is 1. The summed E-state index contributed by atoms with van der Waals surface area (Å²) in [6.07, 6.45) is 0. The molecule has 1 amide bonds. The Kier molecular flexibility index (Phi) is 5.42. The second-order valence-electron chi connectivity index (χ2n) is 7.24. The summed E-state index contributed by atoms with van der Waals surface area (Å²) >= 11 is 6.17. The van der Waals surface area contributed by atoms with E-state index in [0.29, 0.717) is 22.0 Å². The molecule has 0 fully saturated rings. The van der Waals surface area contributed by atoms with Gasteiger partial charge in [0, 0.05) is 10.7 Å². The molecular weight excluding hydrogens is 400 g/mol. The van der Waals surface area contributed by atoms with Gasteiger partial charge in [0.1, 0.15) is 16.8 Å². The Labute approximate surface area is 179 Å². The van der Waals surface area contributed by atoms with Crippen molar-refractivity contribution >= 4 is 34.2 Å². The Hall–Kier alpha value is -3.38. The first-order valence-corrected chi connectivity index (χ1v) is 9.90. The van der Waals surface area contributed by atoms with E-state index in [1.165, 1.54) is 5.56 Å². The van der Waals surface area contributed by atoms with Crippen molar-refractivity contribution in [2.24, 2.45) is 0 Å². The monoisotopic (exact) mass is 420 g/mol. The van der Waals surface area contributed by atoms with Gasteiger partial charge in [-0.1, -0.05) is 29.3 Å². The molecule has 30 heavy (non-hydrogen) atoms. The largest absolute Gasteiger partial charge is 0.484 e. The summed E-state index contributed by atoms with van der Waals surface area (Å²) in [4.78, 5) is 13.9.